The van der Waals surface area contributed by atoms with E-state index >= 15 is 0 Å². The highest BCUT2D eigenvalue weighted by Crippen LogP contribution is 2.48. The second kappa shape index (κ2) is 10.5. The Morgan fingerprint density at radius 1 is 1.09 bits per heavy atom. The van der Waals surface area contributed by atoms with Crippen LogP contribution in [0.4, 0.5) is 26.3 Å². The van der Waals surface area contributed by atoms with Crippen LogP contribution in [0.1, 0.15) is 58.8 Å². The molecule has 0 aromatic rings. The second-order valence-corrected chi connectivity index (χ2v) is 10.1. The van der Waals surface area contributed by atoms with Crippen LogP contribution in [0.25, 0.3) is 0 Å². The number of halogens is 6. The minimum atomic E-state index is -5.00. The fourth-order valence-corrected chi connectivity index (χ4v) is 5.34. The summed E-state index contributed by atoms with van der Waals surface area (Å²) in [5.41, 5.74) is 0. The Bertz CT molecular complexity index is 792. The van der Waals surface area contributed by atoms with E-state index in [9.17, 15) is 35.9 Å². The maximum atomic E-state index is 13.9. The van der Waals surface area contributed by atoms with Crippen molar-refractivity contribution in [3.05, 3.63) is 0 Å². The van der Waals surface area contributed by atoms with Crippen LogP contribution in [0.3, 0.4) is 0 Å². The molecule has 35 heavy (non-hydrogen) atoms. The molecule has 0 aromatic heterocycles. The summed E-state index contributed by atoms with van der Waals surface area (Å²) < 4.78 is 89.2. The van der Waals surface area contributed by atoms with Gasteiger partial charge in [-0.15, -0.1) is 0 Å². The topological polar surface area (TPSA) is 100 Å². The van der Waals surface area contributed by atoms with Crippen molar-refractivity contribution in [2.75, 3.05) is 0 Å². The molecule has 200 valence electrons. The first-order valence-corrected chi connectivity index (χ1v) is 11.8. The molecule has 1 heterocycles. The average molecular weight is 515 g/mol. The monoisotopic (exact) mass is 515 g/mol. The summed E-state index contributed by atoms with van der Waals surface area (Å²) in [5.74, 6) is -6.43. The molecule has 0 radical (unpaired) electrons. The van der Waals surface area contributed by atoms with E-state index in [0.717, 1.165) is 5.84 Å². The van der Waals surface area contributed by atoms with Crippen molar-refractivity contribution in [2.24, 2.45) is 22.7 Å². The highest BCUT2D eigenvalue weighted by Gasteiger charge is 2.59. The van der Waals surface area contributed by atoms with Crippen molar-refractivity contribution < 1.29 is 45.8 Å². The number of aliphatic carboxylic acids is 1. The van der Waals surface area contributed by atoms with Crippen molar-refractivity contribution in [3.8, 4) is 0 Å². The lowest BCUT2D eigenvalue weighted by atomic mass is 9.74. The standard InChI is InChI=1S/C22H31F6N3O4/c1-10(2)5-17-30-15-4-3-12(8-16(15)31-17)35-20-13(21(23,24)25)6-11(7-14(20)22(26,27)28)29-18(32)9-19(33)34/h10-16,20H,3-9H2,1-2H3,(H,29,32)(H,30,31)(H,33,34). The molecule has 5 atom stereocenters. The number of amidine groups is 1. The van der Waals surface area contributed by atoms with Crippen molar-refractivity contribution in [1.82, 2.24) is 10.6 Å². The lowest BCUT2D eigenvalue weighted by Crippen LogP contribution is -2.57. The number of carbonyl (C=O) groups is 2. The van der Waals surface area contributed by atoms with Crippen molar-refractivity contribution in [2.45, 2.75) is 101 Å². The lowest BCUT2D eigenvalue weighted by Gasteiger charge is -2.45. The maximum Gasteiger partial charge on any atom is 0.394 e. The van der Waals surface area contributed by atoms with Gasteiger partial charge in [-0.25, -0.2) is 0 Å². The van der Waals surface area contributed by atoms with Gasteiger partial charge in [-0.3, -0.25) is 14.6 Å². The molecule has 0 bridgehead atoms. The number of hydrogen-bond donors (Lipinski definition) is 3. The molecule has 2 saturated carbocycles. The SMILES string of the molecule is CC(C)CC1=NC2CCC(OC3C(C(F)(F)F)CC(NC(=O)CC(=O)O)CC3C(F)(F)F)CC2N1. The Balaban J connectivity index is 1.74. The molecule has 7 nitrogen and oxygen atoms in total. The number of carbonyl (C=O) groups excluding carboxylic acids is 1. The zero-order valence-electron chi connectivity index (χ0n) is 19.5. The molecule has 0 spiro atoms. The summed E-state index contributed by atoms with van der Waals surface area (Å²) >= 11 is 0. The third-order valence-electron chi connectivity index (χ3n) is 6.78. The number of nitrogens with zero attached hydrogens (tertiary/aromatic N) is 1. The quantitative estimate of drug-likeness (QED) is 0.354. The molecule has 3 aliphatic rings. The van der Waals surface area contributed by atoms with Gasteiger partial charge in [0, 0.05) is 12.5 Å². The van der Waals surface area contributed by atoms with E-state index in [0.29, 0.717) is 25.2 Å². The van der Waals surface area contributed by atoms with E-state index in [2.05, 4.69) is 10.3 Å². The molecule has 1 amide bonds. The minimum absolute atomic E-state index is 0.0689. The van der Waals surface area contributed by atoms with Gasteiger partial charge in [0.2, 0.25) is 5.91 Å². The van der Waals surface area contributed by atoms with Crippen molar-refractivity contribution in [3.63, 3.8) is 0 Å². The molecule has 2 fully saturated rings. The zero-order chi connectivity index (χ0) is 26.1. The number of ether oxygens (including phenoxy) is 1. The van der Waals surface area contributed by atoms with Crippen LogP contribution in [0.15, 0.2) is 4.99 Å². The highest BCUT2D eigenvalue weighted by atomic mass is 19.4. The number of amides is 1. The van der Waals surface area contributed by atoms with Gasteiger partial charge in [-0.2, -0.15) is 26.3 Å². The van der Waals surface area contributed by atoms with Gasteiger partial charge < -0.3 is 20.5 Å². The van der Waals surface area contributed by atoms with Crippen LogP contribution in [0, 0.1) is 17.8 Å². The van der Waals surface area contributed by atoms with E-state index < -0.39 is 73.6 Å². The minimum Gasteiger partial charge on any atom is -0.481 e. The Labute approximate surface area is 199 Å². The number of carboxylic acids is 1. The Kier molecular flexibility index (Phi) is 8.27. The summed E-state index contributed by atoms with van der Waals surface area (Å²) in [5, 5.41) is 13.9. The van der Waals surface area contributed by atoms with Gasteiger partial charge in [0.25, 0.3) is 0 Å². The molecule has 13 heteroatoms. The first kappa shape index (κ1) is 27.5. The van der Waals surface area contributed by atoms with E-state index in [1.807, 2.05) is 19.2 Å². The molecule has 2 aliphatic carbocycles. The number of carboxylic acid groups (broad SMARTS) is 1. The number of fused-ring (bicyclic) bond motifs is 1. The zero-order valence-corrected chi connectivity index (χ0v) is 19.5. The largest absolute Gasteiger partial charge is 0.481 e. The van der Waals surface area contributed by atoms with Crippen molar-refractivity contribution >= 4 is 17.7 Å². The van der Waals surface area contributed by atoms with Crippen LogP contribution >= 0.6 is 0 Å². The van der Waals surface area contributed by atoms with Gasteiger partial charge in [-0.1, -0.05) is 13.8 Å². The van der Waals surface area contributed by atoms with Gasteiger partial charge in [-0.05, 0) is 38.0 Å². The molecular formula is C22H31F6N3O4. The van der Waals surface area contributed by atoms with Crippen LogP contribution in [-0.4, -0.2) is 65.5 Å². The lowest BCUT2D eigenvalue weighted by molar-refractivity contribution is -0.281. The van der Waals surface area contributed by atoms with Crippen LogP contribution in [0.5, 0.6) is 0 Å². The molecule has 3 N–H and O–H groups in total. The number of rotatable bonds is 7. The third kappa shape index (κ3) is 7.23. The summed E-state index contributed by atoms with van der Waals surface area (Å²) in [6, 6.07) is -1.73. The third-order valence-corrected chi connectivity index (χ3v) is 6.78. The number of aliphatic imine (C=N–C) groups is 1. The van der Waals surface area contributed by atoms with Gasteiger partial charge >= 0.3 is 18.3 Å². The van der Waals surface area contributed by atoms with Crippen molar-refractivity contribution in [1.29, 1.82) is 0 Å². The molecule has 3 rings (SSSR count). The van der Waals surface area contributed by atoms with Gasteiger partial charge in [0.05, 0.1) is 42.0 Å². The Morgan fingerprint density at radius 3 is 2.20 bits per heavy atom. The van der Waals surface area contributed by atoms with Gasteiger partial charge in [0.15, 0.2) is 0 Å². The first-order chi connectivity index (χ1) is 16.1. The van der Waals surface area contributed by atoms with Gasteiger partial charge in [0.1, 0.15) is 6.42 Å². The normalized spacial score (nSPS) is 33.6. The van der Waals surface area contributed by atoms with Crippen LogP contribution < -0.4 is 10.6 Å². The summed E-state index contributed by atoms with van der Waals surface area (Å²) in [6.07, 6.45) is -13.9. The molecule has 1 aliphatic heterocycles. The van der Waals surface area contributed by atoms with Crippen LogP contribution in [0.2, 0.25) is 0 Å². The van der Waals surface area contributed by atoms with E-state index in [4.69, 9.17) is 9.84 Å². The number of nitrogens with one attached hydrogen (secondary N) is 2. The number of hydrogen-bond acceptors (Lipinski definition) is 5. The molecule has 0 saturated heterocycles. The van der Waals surface area contributed by atoms with Crippen LogP contribution in [-0.2, 0) is 14.3 Å². The average Bonchev–Trinajstić information content (AvgIpc) is 3.07. The first-order valence-electron chi connectivity index (χ1n) is 11.8. The predicted molar refractivity (Wildman–Crippen MR) is 113 cm³/mol. The maximum absolute atomic E-state index is 13.9. The fraction of sp³-hybridized carbons (Fsp3) is 0.864. The second-order valence-electron chi connectivity index (χ2n) is 10.1. The summed E-state index contributed by atoms with van der Waals surface area (Å²) in [7, 11) is 0. The smallest absolute Gasteiger partial charge is 0.394 e. The fourth-order valence-electron chi connectivity index (χ4n) is 5.34. The predicted octanol–water partition coefficient (Wildman–Crippen LogP) is 3.82. The Hall–Kier alpha value is -2.05. The number of alkyl halides is 6. The molecule has 5 unspecified atom stereocenters. The van der Waals surface area contributed by atoms with E-state index in [1.54, 1.807) is 0 Å². The highest BCUT2D eigenvalue weighted by molar-refractivity contribution is 5.93. The van der Waals surface area contributed by atoms with E-state index in [1.165, 1.54) is 0 Å². The van der Waals surface area contributed by atoms with E-state index in [-0.39, 0.29) is 18.5 Å². The molecular weight excluding hydrogens is 484 g/mol. The summed E-state index contributed by atoms with van der Waals surface area (Å²) in [6.45, 7) is 4.04. The summed E-state index contributed by atoms with van der Waals surface area (Å²) in [4.78, 5) is 27.0. The Morgan fingerprint density at radius 2 is 1.69 bits per heavy atom. The molecule has 0 aromatic carbocycles.